The summed E-state index contributed by atoms with van der Waals surface area (Å²) in [5.74, 6) is 0.0556. The van der Waals surface area contributed by atoms with E-state index in [1.807, 2.05) is 0 Å². The van der Waals surface area contributed by atoms with Gasteiger partial charge in [0.05, 0.1) is 26.7 Å². The first kappa shape index (κ1) is 10.0. The van der Waals surface area contributed by atoms with Gasteiger partial charge >= 0.3 is 0 Å². The van der Waals surface area contributed by atoms with E-state index in [2.05, 4.69) is 0 Å². The lowest BCUT2D eigenvalue weighted by Gasteiger charge is -2.20. The zero-order chi connectivity index (χ0) is 9.14. The zero-order valence-corrected chi connectivity index (χ0v) is 7.56. The first-order valence-electron chi connectivity index (χ1n) is 4.16. The topological polar surface area (TPSA) is 38.7 Å². The quantitative estimate of drug-likeness (QED) is 0.605. The first-order chi connectivity index (χ1) is 5.70. The molecule has 1 N–H and O–H groups in total. The van der Waals surface area contributed by atoms with Gasteiger partial charge in [-0.15, -0.1) is 0 Å². The van der Waals surface area contributed by atoms with E-state index in [-0.39, 0.29) is 17.8 Å². The Kier molecular flexibility index (Phi) is 3.56. The van der Waals surface area contributed by atoms with E-state index in [4.69, 9.17) is 17.3 Å². The fraction of sp³-hybridized carbons (Fsp3) is 1.00. The van der Waals surface area contributed by atoms with Crippen molar-refractivity contribution in [3.63, 3.8) is 0 Å². The number of aliphatic hydroxyl groups is 1. The molecule has 0 amide bonds. The van der Waals surface area contributed by atoms with Crippen LogP contribution < -0.4 is 0 Å². The van der Waals surface area contributed by atoms with Crippen LogP contribution in [0.1, 0.15) is 6.42 Å². The molecule has 0 aromatic rings. The van der Waals surface area contributed by atoms with Gasteiger partial charge in [0.1, 0.15) is 0 Å². The Morgan fingerprint density at radius 1 is 1.50 bits per heavy atom. The highest BCUT2D eigenvalue weighted by Gasteiger charge is 2.39. The Bertz CT molecular complexity index is 142. The van der Waals surface area contributed by atoms with Crippen LogP contribution >= 0.6 is 0 Å². The minimum absolute atomic E-state index is 0.167. The maximum atomic E-state index is 9.55. The Labute approximate surface area is 74.5 Å². The molecule has 1 rings (SSSR count). The highest BCUT2D eigenvalue weighted by molar-refractivity contribution is 6.12. The van der Waals surface area contributed by atoms with E-state index in [1.165, 1.54) is 0 Å². The number of hydrogen-bond donors (Lipinski definition) is 1. The van der Waals surface area contributed by atoms with Gasteiger partial charge < -0.3 is 14.6 Å². The molecular formula is C8H15BO3. The largest absolute Gasteiger partial charge is 0.391 e. The summed E-state index contributed by atoms with van der Waals surface area (Å²) in [6.45, 7) is 0.600. The SMILES string of the molecule is [B]C1CC(COC)C(OC)C1O. The van der Waals surface area contributed by atoms with Crippen molar-refractivity contribution >= 4 is 7.85 Å². The molecule has 1 fully saturated rings. The van der Waals surface area contributed by atoms with Crippen molar-refractivity contribution in [1.82, 2.24) is 0 Å². The van der Waals surface area contributed by atoms with Crippen molar-refractivity contribution < 1.29 is 14.6 Å². The minimum Gasteiger partial charge on any atom is -0.391 e. The highest BCUT2D eigenvalue weighted by Crippen LogP contribution is 2.35. The number of ether oxygens (including phenoxy) is 2. The van der Waals surface area contributed by atoms with Crippen LogP contribution in [0.4, 0.5) is 0 Å². The minimum atomic E-state index is -0.546. The second-order valence-electron chi connectivity index (χ2n) is 3.31. The molecule has 1 saturated carbocycles. The van der Waals surface area contributed by atoms with E-state index >= 15 is 0 Å². The van der Waals surface area contributed by atoms with Gasteiger partial charge in [0.15, 0.2) is 0 Å². The molecule has 1 aliphatic carbocycles. The smallest absolute Gasteiger partial charge is 0.0875 e. The van der Waals surface area contributed by atoms with Gasteiger partial charge in [0, 0.05) is 20.1 Å². The molecule has 0 aromatic carbocycles. The number of methoxy groups -OCH3 is 2. The Balaban J connectivity index is 2.52. The van der Waals surface area contributed by atoms with E-state index in [0.29, 0.717) is 6.61 Å². The maximum Gasteiger partial charge on any atom is 0.0875 e. The van der Waals surface area contributed by atoms with E-state index in [9.17, 15) is 5.11 Å². The fourth-order valence-electron chi connectivity index (χ4n) is 1.85. The zero-order valence-electron chi connectivity index (χ0n) is 7.56. The predicted molar refractivity (Wildman–Crippen MR) is 46.3 cm³/mol. The van der Waals surface area contributed by atoms with Crippen molar-refractivity contribution in [2.75, 3.05) is 20.8 Å². The molecule has 0 aromatic heterocycles. The second-order valence-corrected chi connectivity index (χ2v) is 3.31. The number of aliphatic hydroxyl groups excluding tert-OH is 1. The van der Waals surface area contributed by atoms with Crippen LogP contribution in [0.25, 0.3) is 0 Å². The average Bonchev–Trinajstić information content (AvgIpc) is 2.29. The lowest BCUT2D eigenvalue weighted by Crippen LogP contribution is -2.30. The van der Waals surface area contributed by atoms with Gasteiger partial charge in [-0.05, 0) is 12.2 Å². The molecule has 1 aliphatic rings. The first-order valence-corrected chi connectivity index (χ1v) is 4.16. The van der Waals surface area contributed by atoms with Crippen molar-refractivity contribution in [1.29, 1.82) is 0 Å². The highest BCUT2D eigenvalue weighted by atomic mass is 16.5. The molecule has 68 valence electrons. The monoisotopic (exact) mass is 170 g/mol. The molecule has 4 unspecified atom stereocenters. The summed E-state index contributed by atoms with van der Waals surface area (Å²) in [5, 5.41) is 9.55. The van der Waals surface area contributed by atoms with Gasteiger partial charge in [-0.25, -0.2) is 0 Å². The normalized spacial score (nSPS) is 41.9. The van der Waals surface area contributed by atoms with Gasteiger partial charge in [-0.2, -0.15) is 0 Å². The van der Waals surface area contributed by atoms with E-state index in [0.717, 1.165) is 6.42 Å². The molecule has 12 heavy (non-hydrogen) atoms. The maximum absolute atomic E-state index is 9.55. The fourth-order valence-corrected chi connectivity index (χ4v) is 1.85. The van der Waals surface area contributed by atoms with Crippen LogP contribution in [0.5, 0.6) is 0 Å². The lowest BCUT2D eigenvalue weighted by atomic mass is 9.84. The second kappa shape index (κ2) is 4.26. The molecule has 0 bridgehead atoms. The van der Waals surface area contributed by atoms with Crippen LogP contribution in [0.15, 0.2) is 0 Å². The molecule has 0 heterocycles. The van der Waals surface area contributed by atoms with Gasteiger partial charge in [-0.3, -0.25) is 0 Å². The third-order valence-electron chi connectivity index (χ3n) is 2.47. The van der Waals surface area contributed by atoms with Gasteiger partial charge in [-0.1, -0.05) is 0 Å². The summed E-state index contributed by atoms with van der Waals surface area (Å²) in [6, 6.07) is 0. The van der Waals surface area contributed by atoms with Crippen LogP contribution in [-0.2, 0) is 9.47 Å². The summed E-state index contributed by atoms with van der Waals surface area (Å²) in [5.41, 5.74) is 0. The third kappa shape index (κ3) is 1.81. The van der Waals surface area contributed by atoms with E-state index < -0.39 is 6.10 Å². The van der Waals surface area contributed by atoms with Gasteiger partial charge in [0.25, 0.3) is 0 Å². The summed E-state index contributed by atoms with van der Waals surface area (Å²) < 4.78 is 10.2. The molecule has 0 spiro atoms. The predicted octanol–water partition coefficient (Wildman–Crippen LogP) is -0.0144. The molecule has 0 saturated heterocycles. The van der Waals surface area contributed by atoms with Crippen molar-refractivity contribution in [2.24, 2.45) is 5.92 Å². The summed E-state index contributed by atoms with van der Waals surface area (Å²) in [4.78, 5) is 0. The molecule has 4 atom stereocenters. The van der Waals surface area contributed by atoms with E-state index in [1.54, 1.807) is 14.2 Å². The van der Waals surface area contributed by atoms with Crippen LogP contribution in [-0.4, -0.2) is 46.0 Å². The van der Waals surface area contributed by atoms with Crippen LogP contribution in [0, 0.1) is 5.92 Å². The van der Waals surface area contributed by atoms with Crippen molar-refractivity contribution in [3.8, 4) is 0 Å². The van der Waals surface area contributed by atoms with Crippen LogP contribution in [0.2, 0.25) is 5.82 Å². The lowest BCUT2D eigenvalue weighted by molar-refractivity contribution is -0.0288. The molecule has 2 radical (unpaired) electrons. The molecule has 4 heteroatoms. The average molecular weight is 170 g/mol. The van der Waals surface area contributed by atoms with Crippen LogP contribution in [0.3, 0.4) is 0 Å². The summed E-state index contributed by atoms with van der Waals surface area (Å²) >= 11 is 0. The standard InChI is InChI=1S/C8H15BO3/c1-11-4-5-3-6(9)7(10)8(5)12-2/h5-8,10H,3-4H2,1-2H3. The Morgan fingerprint density at radius 2 is 2.17 bits per heavy atom. The molecular weight excluding hydrogens is 155 g/mol. The number of hydrogen-bond acceptors (Lipinski definition) is 3. The summed E-state index contributed by atoms with van der Waals surface area (Å²) in [6.07, 6.45) is 0.0585. The van der Waals surface area contributed by atoms with Crippen molar-refractivity contribution in [2.45, 2.75) is 24.4 Å². The molecule has 0 aliphatic heterocycles. The third-order valence-corrected chi connectivity index (χ3v) is 2.47. The molecule has 3 nitrogen and oxygen atoms in total. The summed E-state index contributed by atoms with van der Waals surface area (Å²) in [7, 11) is 8.91. The number of rotatable bonds is 3. The van der Waals surface area contributed by atoms with Crippen molar-refractivity contribution in [3.05, 3.63) is 0 Å². The van der Waals surface area contributed by atoms with Gasteiger partial charge in [0.2, 0.25) is 0 Å². The Morgan fingerprint density at radius 3 is 2.67 bits per heavy atom. The Hall–Kier alpha value is -0.0551.